The van der Waals surface area contributed by atoms with Gasteiger partial charge in [0.05, 0.1) is 30.6 Å². The minimum absolute atomic E-state index is 0.0201. The van der Waals surface area contributed by atoms with Crippen molar-refractivity contribution < 1.29 is 37.4 Å². The lowest BCUT2D eigenvalue weighted by Crippen LogP contribution is -2.44. The Labute approximate surface area is 281 Å². The molecular formula is C34H43N5O8S. The number of sulfonamides is 1. The fraction of sp³-hybridized carbons (Fsp3) is 0.353. The Kier molecular flexibility index (Phi) is 14.1. The molecule has 0 spiro atoms. The topological polar surface area (TPSA) is 183 Å². The second-order valence-electron chi connectivity index (χ2n) is 11.1. The number of carbonyl (C=O) groups is 4. The first-order valence-electron chi connectivity index (χ1n) is 15.4. The minimum Gasteiger partial charge on any atom is -0.391 e. The molecule has 0 unspecified atom stereocenters. The van der Waals surface area contributed by atoms with E-state index < -0.39 is 45.9 Å². The van der Waals surface area contributed by atoms with Crippen LogP contribution in [-0.4, -0.2) is 82.4 Å². The molecule has 3 atom stereocenters. The number of carbonyl (C=O) groups excluding carboxylic acids is 4. The molecule has 5 N–H and O–H groups in total. The SMILES string of the molecule is CCO[C@H](C[C@H](O)CNC(=O)c1cc(C(=O)N[C@H](C)c2ccccc2)cc(N(C)S(C)(=O)=O)c1)C(=O)NCC(=O)NCc1ccccc1. The molecular weight excluding hydrogens is 638 g/mol. The van der Waals surface area contributed by atoms with E-state index in [-0.39, 0.29) is 49.0 Å². The summed E-state index contributed by atoms with van der Waals surface area (Å²) >= 11 is 0. The number of rotatable bonds is 17. The zero-order valence-corrected chi connectivity index (χ0v) is 28.3. The molecule has 0 radical (unpaired) electrons. The first kappa shape index (κ1) is 37.7. The second kappa shape index (κ2) is 17.9. The van der Waals surface area contributed by atoms with E-state index in [1.54, 1.807) is 13.8 Å². The minimum atomic E-state index is -3.73. The van der Waals surface area contributed by atoms with Crippen LogP contribution in [0.2, 0.25) is 0 Å². The predicted octanol–water partition coefficient (Wildman–Crippen LogP) is 1.89. The molecule has 0 aliphatic carbocycles. The van der Waals surface area contributed by atoms with Gasteiger partial charge in [0, 0.05) is 44.3 Å². The summed E-state index contributed by atoms with van der Waals surface area (Å²) < 4.78 is 31.0. The highest BCUT2D eigenvalue weighted by molar-refractivity contribution is 7.92. The van der Waals surface area contributed by atoms with Crippen LogP contribution in [0.25, 0.3) is 0 Å². The maximum Gasteiger partial charge on any atom is 0.251 e. The van der Waals surface area contributed by atoms with Gasteiger partial charge < -0.3 is 31.1 Å². The molecule has 0 aliphatic heterocycles. The van der Waals surface area contributed by atoms with E-state index in [1.807, 2.05) is 60.7 Å². The first-order valence-corrected chi connectivity index (χ1v) is 17.2. The summed E-state index contributed by atoms with van der Waals surface area (Å²) in [4.78, 5) is 51.4. The highest BCUT2D eigenvalue weighted by Gasteiger charge is 2.24. The average Bonchev–Trinajstić information content (AvgIpc) is 3.08. The van der Waals surface area contributed by atoms with Crippen molar-refractivity contribution in [3.05, 3.63) is 101 Å². The Hall–Kier alpha value is -4.79. The lowest BCUT2D eigenvalue weighted by atomic mass is 10.1. The summed E-state index contributed by atoms with van der Waals surface area (Å²) in [6, 6.07) is 22.2. The monoisotopic (exact) mass is 681 g/mol. The van der Waals surface area contributed by atoms with Crippen molar-refractivity contribution in [2.45, 2.75) is 45.1 Å². The van der Waals surface area contributed by atoms with E-state index >= 15 is 0 Å². The van der Waals surface area contributed by atoms with Gasteiger partial charge in [0.15, 0.2) is 0 Å². The summed E-state index contributed by atoms with van der Waals surface area (Å²) in [5, 5.41) is 21.3. The summed E-state index contributed by atoms with van der Waals surface area (Å²) in [7, 11) is -2.43. The molecule has 13 nitrogen and oxygen atoms in total. The maximum atomic E-state index is 13.2. The number of amides is 4. The largest absolute Gasteiger partial charge is 0.391 e. The van der Waals surface area contributed by atoms with Crippen molar-refractivity contribution >= 4 is 39.3 Å². The van der Waals surface area contributed by atoms with Crippen LogP contribution in [0.5, 0.6) is 0 Å². The fourth-order valence-electron chi connectivity index (χ4n) is 4.59. The van der Waals surface area contributed by atoms with Crippen molar-refractivity contribution in [2.75, 3.05) is 37.3 Å². The molecule has 4 amide bonds. The van der Waals surface area contributed by atoms with Crippen LogP contribution in [0.1, 0.15) is 58.2 Å². The number of nitrogens with zero attached hydrogens (tertiary/aromatic N) is 1. The van der Waals surface area contributed by atoms with E-state index in [0.29, 0.717) is 6.54 Å². The first-order chi connectivity index (χ1) is 22.8. The van der Waals surface area contributed by atoms with Gasteiger partial charge in [0.2, 0.25) is 21.8 Å². The molecule has 0 heterocycles. The molecule has 14 heteroatoms. The lowest BCUT2D eigenvalue weighted by molar-refractivity contribution is -0.136. The van der Waals surface area contributed by atoms with E-state index in [4.69, 9.17) is 4.74 Å². The number of aliphatic hydroxyl groups excluding tert-OH is 1. The zero-order chi connectivity index (χ0) is 35.3. The van der Waals surface area contributed by atoms with Crippen molar-refractivity contribution in [1.29, 1.82) is 0 Å². The number of hydrogen-bond acceptors (Lipinski definition) is 8. The van der Waals surface area contributed by atoms with Crippen LogP contribution in [0.15, 0.2) is 78.9 Å². The highest BCUT2D eigenvalue weighted by Crippen LogP contribution is 2.22. The Balaban J connectivity index is 1.63. The van der Waals surface area contributed by atoms with Crippen molar-refractivity contribution in [3.63, 3.8) is 0 Å². The van der Waals surface area contributed by atoms with Crippen molar-refractivity contribution in [1.82, 2.24) is 21.3 Å². The normalized spacial score (nSPS) is 13.0. The summed E-state index contributed by atoms with van der Waals surface area (Å²) in [5.41, 5.74) is 1.88. The van der Waals surface area contributed by atoms with E-state index in [0.717, 1.165) is 21.7 Å². The van der Waals surface area contributed by atoms with Crippen molar-refractivity contribution in [2.24, 2.45) is 0 Å². The molecule has 0 saturated heterocycles. The molecule has 0 aliphatic rings. The van der Waals surface area contributed by atoms with Crippen LogP contribution in [0.4, 0.5) is 5.69 Å². The van der Waals surface area contributed by atoms with Crippen LogP contribution in [0.3, 0.4) is 0 Å². The molecule has 3 aromatic rings. The van der Waals surface area contributed by atoms with Gasteiger partial charge >= 0.3 is 0 Å². The summed E-state index contributed by atoms with van der Waals surface area (Å²) in [5.74, 6) is -2.21. The Morgan fingerprint density at radius 1 is 0.875 bits per heavy atom. The Morgan fingerprint density at radius 2 is 1.48 bits per heavy atom. The number of hydrogen-bond donors (Lipinski definition) is 5. The zero-order valence-electron chi connectivity index (χ0n) is 27.4. The molecule has 0 bridgehead atoms. The number of anilines is 1. The van der Waals surface area contributed by atoms with Gasteiger partial charge in [-0.3, -0.25) is 23.5 Å². The van der Waals surface area contributed by atoms with Gasteiger partial charge in [-0.15, -0.1) is 0 Å². The lowest BCUT2D eigenvalue weighted by Gasteiger charge is -2.21. The molecule has 3 rings (SSSR count). The van der Waals surface area contributed by atoms with Crippen LogP contribution in [0, 0.1) is 0 Å². The smallest absolute Gasteiger partial charge is 0.251 e. The standard InChI is InChI=1S/C34H43N5O8S/c1-5-47-30(34(44)37-22-31(41)35-20-24-12-8-6-9-13-24)19-29(40)21-36-32(42)26-16-27(18-28(17-26)39(3)48(4,45)46)33(43)38-23(2)25-14-10-7-11-15-25/h6-18,23,29-30,40H,5,19-22H2,1-4H3,(H,35,41)(H,36,42)(H,37,44)(H,38,43)/t23-,29+,30-/m1/s1. The molecule has 258 valence electrons. The number of aliphatic hydroxyl groups is 1. The van der Waals surface area contributed by atoms with Crippen molar-refractivity contribution in [3.8, 4) is 0 Å². The van der Waals surface area contributed by atoms with E-state index in [2.05, 4.69) is 21.3 Å². The van der Waals surface area contributed by atoms with Gasteiger partial charge in [0.1, 0.15) is 6.10 Å². The van der Waals surface area contributed by atoms with Crippen LogP contribution >= 0.6 is 0 Å². The Bertz CT molecular complexity index is 1650. The Morgan fingerprint density at radius 3 is 2.08 bits per heavy atom. The van der Waals surface area contributed by atoms with E-state index in [9.17, 15) is 32.7 Å². The third-order valence-corrected chi connectivity index (χ3v) is 8.56. The van der Waals surface area contributed by atoms with E-state index in [1.165, 1.54) is 25.2 Å². The maximum absolute atomic E-state index is 13.2. The van der Waals surface area contributed by atoms with Gasteiger partial charge in [-0.1, -0.05) is 60.7 Å². The van der Waals surface area contributed by atoms with Gasteiger partial charge in [-0.05, 0) is 43.2 Å². The summed E-state index contributed by atoms with van der Waals surface area (Å²) in [6.07, 6.45) is -1.51. The molecule has 3 aromatic carbocycles. The van der Waals surface area contributed by atoms with Gasteiger partial charge in [-0.25, -0.2) is 8.42 Å². The quantitative estimate of drug-likeness (QED) is 0.143. The number of benzene rings is 3. The third-order valence-electron chi connectivity index (χ3n) is 7.35. The second-order valence-corrected chi connectivity index (χ2v) is 13.1. The summed E-state index contributed by atoms with van der Waals surface area (Å²) in [6.45, 7) is 3.36. The number of nitrogens with one attached hydrogen (secondary N) is 4. The fourth-order valence-corrected chi connectivity index (χ4v) is 5.08. The third kappa shape index (κ3) is 11.8. The van der Waals surface area contributed by atoms with Gasteiger partial charge in [-0.2, -0.15) is 0 Å². The molecule has 0 saturated carbocycles. The number of ether oxygens (including phenoxy) is 1. The molecule has 0 aromatic heterocycles. The van der Waals surface area contributed by atoms with Crippen LogP contribution < -0.4 is 25.6 Å². The molecule has 0 fully saturated rings. The molecule has 48 heavy (non-hydrogen) atoms. The van der Waals surface area contributed by atoms with Crippen LogP contribution in [-0.2, 0) is 30.9 Å². The predicted molar refractivity (Wildman–Crippen MR) is 182 cm³/mol. The highest BCUT2D eigenvalue weighted by atomic mass is 32.2. The average molecular weight is 682 g/mol. The van der Waals surface area contributed by atoms with Gasteiger partial charge in [0.25, 0.3) is 11.8 Å².